The molecule has 2 heterocycles. The van der Waals surface area contributed by atoms with Gasteiger partial charge in [-0.15, -0.1) is 0 Å². The van der Waals surface area contributed by atoms with E-state index >= 15 is 0 Å². The van der Waals surface area contributed by atoms with E-state index in [1.165, 1.54) is 0 Å². The number of ketones is 1. The van der Waals surface area contributed by atoms with Crippen LogP contribution in [0.1, 0.15) is 29.2 Å². The molecule has 4 rings (SSSR count). The lowest BCUT2D eigenvalue weighted by Crippen LogP contribution is -2.46. The van der Waals surface area contributed by atoms with Gasteiger partial charge in [0.1, 0.15) is 11.4 Å². The first-order valence-corrected chi connectivity index (χ1v) is 8.38. The minimum absolute atomic E-state index is 0.108. The molecular formula is C20H22O4. The van der Waals surface area contributed by atoms with Crippen LogP contribution in [-0.2, 0) is 9.53 Å². The Kier molecular flexibility index (Phi) is 3.12. The maximum Gasteiger partial charge on any atom is 0.174 e. The summed E-state index contributed by atoms with van der Waals surface area (Å²) in [5, 5.41) is 21.1. The number of benzene rings is 1. The fraction of sp³-hybridized carbons (Fsp3) is 0.450. The zero-order valence-corrected chi connectivity index (χ0v) is 14.3. The molecule has 3 aliphatic rings. The quantitative estimate of drug-likeness (QED) is 0.820. The fourth-order valence-corrected chi connectivity index (χ4v) is 4.85. The lowest BCUT2D eigenvalue weighted by atomic mass is 9.73. The number of fused-ring (bicyclic) bond motifs is 5. The smallest absolute Gasteiger partial charge is 0.174 e. The summed E-state index contributed by atoms with van der Waals surface area (Å²) in [6.45, 7) is 7.58. The van der Waals surface area contributed by atoms with Crippen molar-refractivity contribution in [2.45, 2.75) is 45.5 Å². The summed E-state index contributed by atoms with van der Waals surface area (Å²) in [4.78, 5) is 13.2. The molecule has 1 saturated heterocycles. The van der Waals surface area contributed by atoms with E-state index in [9.17, 15) is 15.0 Å². The number of aliphatic hydroxyl groups is 2. The van der Waals surface area contributed by atoms with E-state index in [1.54, 1.807) is 13.0 Å². The van der Waals surface area contributed by atoms with Crippen LogP contribution in [0.15, 0.2) is 30.0 Å². The van der Waals surface area contributed by atoms with Crippen LogP contribution in [0.2, 0.25) is 0 Å². The number of hydrogen-bond donors (Lipinski definition) is 2. The van der Waals surface area contributed by atoms with Crippen molar-refractivity contribution >= 4 is 11.4 Å². The normalized spacial score (nSPS) is 35.0. The molecule has 1 aromatic rings. The van der Waals surface area contributed by atoms with Crippen molar-refractivity contribution in [3.8, 4) is 0 Å². The number of carbonyl (C=O) groups is 1. The zero-order valence-electron chi connectivity index (χ0n) is 14.3. The third kappa shape index (κ3) is 1.73. The molecule has 4 heteroatoms. The Balaban J connectivity index is 1.88. The zero-order chi connectivity index (χ0) is 17.4. The van der Waals surface area contributed by atoms with Gasteiger partial charge in [0.2, 0.25) is 0 Å². The molecule has 2 bridgehead atoms. The molecule has 0 spiro atoms. The molecule has 2 N–H and O–H groups in total. The number of Topliss-reactive ketones (excluding diaryl/α,β-unsaturated/α-hetero) is 1. The van der Waals surface area contributed by atoms with Crippen LogP contribution in [0.3, 0.4) is 0 Å². The molecule has 0 aromatic heterocycles. The van der Waals surface area contributed by atoms with Gasteiger partial charge >= 0.3 is 0 Å². The topological polar surface area (TPSA) is 66.8 Å². The highest BCUT2D eigenvalue weighted by atomic mass is 16.5. The summed E-state index contributed by atoms with van der Waals surface area (Å²) in [5.41, 5.74) is 3.29. The van der Waals surface area contributed by atoms with Crippen molar-refractivity contribution in [2.75, 3.05) is 0 Å². The largest absolute Gasteiger partial charge is 0.511 e. The Morgan fingerprint density at radius 3 is 2.42 bits per heavy atom. The Bertz CT molecular complexity index is 794. The average molecular weight is 326 g/mol. The molecule has 24 heavy (non-hydrogen) atoms. The average Bonchev–Trinajstić information content (AvgIpc) is 3.13. The van der Waals surface area contributed by atoms with Gasteiger partial charge in [0, 0.05) is 0 Å². The molecule has 1 unspecified atom stereocenters. The molecule has 5 atom stereocenters. The minimum atomic E-state index is -1.02. The lowest BCUT2D eigenvalue weighted by molar-refractivity contribution is -0.126. The Morgan fingerprint density at radius 1 is 1.21 bits per heavy atom. The van der Waals surface area contributed by atoms with Gasteiger partial charge in [-0.1, -0.05) is 29.8 Å². The molecule has 1 aromatic carbocycles. The van der Waals surface area contributed by atoms with E-state index < -0.39 is 23.5 Å². The van der Waals surface area contributed by atoms with Crippen LogP contribution in [0.25, 0.3) is 5.57 Å². The van der Waals surface area contributed by atoms with Crippen molar-refractivity contribution in [2.24, 2.45) is 11.8 Å². The Hall–Kier alpha value is -1.91. The second-order valence-electron chi connectivity index (χ2n) is 7.37. The van der Waals surface area contributed by atoms with Gasteiger partial charge in [0.05, 0.1) is 29.6 Å². The minimum Gasteiger partial charge on any atom is -0.511 e. The predicted octanol–water partition coefficient (Wildman–Crippen LogP) is 2.78. The molecule has 1 fully saturated rings. The Labute approximate surface area is 141 Å². The molecule has 1 aliphatic carbocycles. The van der Waals surface area contributed by atoms with Crippen molar-refractivity contribution in [1.29, 1.82) is 0 Å². The van der Waals surface area contributed by atoms with Crippen molar-refractivity contribution in [3.63, 3.8) is 0 Å². The molecule has 2 aliphatic heterocycles. The standard InChI is InChI=1S/C20H22O4/c1-9-7-10(2)14(11(3)8-9)16-18(22)15-13-5-6-20(24-13,12(4)21)17(15)19(16)23/h5-8,12-13,15,17,21-22H,1-4H3/t12?,13-,15-,17+,20-/m0/s1. The number of aryl methyl sites for hydroxylation is 3. The van der Waals surface area contributed by atoms with E-state index in [0.717, 1.165) is 22.3 Å². The highest BCUT2D eigenvalue weighted by molar-refractivity contribution is 6.26. The van der Waals surface area contributed by atoms with Crippen LogP contribution in [-0.4, -0.2) is 33.8 Å². The second-order valence-corrected chi connectivity index (χ2v) is 7.37. The van der Waals surface area contributed by atoms with Crippen molar-refractivity contribution < 1.29 is 19.7 Å². The summed E-state index contributed by atoms with van der Waals surface area (Å²) in [6.07, 6.45) is 2.49. The number of carbonyl (C=O) groups excluding carboxylic acids is 1. The second kappa shape index (κ2) is 4.80. The first kappa shape index (κ1) is 15.6. The first-order chi connectivity index (χ1) is 11.3. The van der Waals surface area contributed by atoms with Crippen molar-refractivity contribution in [1.82, 2.24) is 0 Å². The summed E-state index contributed by atoms with van der Waals surface area (Å²) in [5.74, 6) is -0.966. The number of aliphatic hydroxyl groups excluding tert-OH is 2. The number of allylic oxidation sites excluding steroid dienone is 1. The van der Waals surface area contributed by atoms with E-state index in [-0.39, 0.29) is 17.6 Å². The van der Waals surface area contributed by atoms with Gasteiger partial charge in [-0.25, -0.2) is 0 Å². The van der Waals surface area contributed by atoms with Gasteiger partial charge in [-0.3, -0.25) is 4.79 Å². The van der Waals surface area contributed by atoms with Gasteiger partial charge in [0.25, 0.3) is 0 Å². The molecule has 0 saturated carbocycles. The summed E-state index contributed by atoms with van der Waals surface area (Å²) < 4.78 is 5.92. The maximum absolute atomic E-state index is 13.2. The molecule has 4 nitrogen and oxygen atoms in total. The lowest BCUT2D eigenvalue weighted by Gasteiger charge is -2.32. The molecule has 0 amide bonds. The first-order valence-electron chi connectivity index (χ1n) is 8.38. The van der Waals surface area contributed by atoms with Crippen LogP contribution in [0, 0.1) is 32.6 Å². The van der Waals surface area contributed by atoms with Gasteiger partial charge in [0.15, 0.2) is 5.78 Å². The third-order valence-corrected chi connectivity index (χ3v) is 5.77. The SMILES string of the molecule is Cc1cc(C)c(C2=C(O)[C@H]3[C@@H]4C=C[C@@](C(C)O)(O4)[C@H]3C2=O)c(C)c1. The molecule has 126 valence electrons. The van der Waals surface area contributed by atoms with Crippen molar-refractivity contribution in [3.05, 3.63) is 52.3 Å². The van der Waals surface area contributed by atoms with Gasteiger partial charge < -0.3 is 14.9 Å². The fourth-order valence-electron chi connectivity index (χ4n) is 4.85. The summed E-state index contributed by atoms with van der Waals surface area (Å²) >= 11 is 0. The number of hydrogen-bond acceptors (Lipinski definition) is 4. The highest BCUT2D eigenvalue weighted by Crippen LogP contribution is 2.57. The van der Waals surface area contributed by atoms with Crippen LogP contribution in [0.4, 0.5) is 0 Å². The van der Waals surface area contributed by atoms with E-state index in [1.807, 2.05) is 39.0 Å². The van der Waals surface area contributed by atoms with E-state index in [0.29, 0.717) is 5.57 Å². The highest BCUT2D eigenvalue weighted by Gasteiger charge is 2.66. The van der Waals surface area contributed by atoms with E-state index in [4.69, 9.17) is 4.74 Å². The van der Waals surface area contributed by atoms with Gasteiger partial charge in [-0.05, 0) is 44.4 Å². The molecular weight excluding hydrogens is 304 g/mol. The Morgan fingerprint density at radius 2 is 1.83 bits per heavy atom. The van der Waals surface area contributed by atoms with Crippen LogP contribution >= 0.6 is 0 Å². The maximum atomic E-state index is 13.2. The van der Waals surface area contributed by atoms with Crippen LogP contribution < -0.4 is 0 Å². The van der Waals surface area contributed by atoms with Gasteiger partial charge in [-0.2, -0.15) is 0 Å². The summed E-state index contributed by atoms with van der Waals surface area (Å²) in [7, 11) is 0. The monoisotopic (exact) mass is 326 g/mol. The van der Waals surface area contributed by atoms with E-state index in [2.05, 4.69) is 0 Å². The predicted molar refractivity (Wildman–Crippen MR) is 90.6 cm³/mol. The number of rotatable bonds is 2. The van der Waals surface area contributed by atoms with Crippen LogP contribution in [0.5, 0.6) is 0 Å². The third-order valence-electron chi connectivity index (χ3n) is 5.77. The molecule has 0 radical (unpaired) electrons. The number of ether oxygens (including phenoxy) is 1. The summed E-state index contributed by atoms with van der Waals surface area (Å²) in [6, 6.07) is 4.05.